The zero-order valence-electron chi connectivity index (χ0n) is 15.7. The molecule has 29 heavy (non-hydrogen) atoms. The largest absolute Gasteiger partial charge is 0.317 e. The van der Waals surface area contributed by atoms with E-state index in [9.17, 15) is 4.79 Å². The van der Waals surface area contributed by atoms with Gasteiger partial charge in [0.15, 0.2) is 5.78 Å². The van der Waals surface area contributed by atoms with Gasteiger partial charge in [-0.15, -0.1) is 12.4 Å². The Kier molecular flexibility index (Phi) is 5.15. The number of anilines is 1. The van der Waals surface area contributed by atoms with Crippen LogP contribution in [-0.4, -0.2) is 18.2 Å². The summed E-state index contributed by atoms with van der Waals surface area (Å²) in [5.74, 6) is 0.872. The molecular weight excluding hydrogens is 380 g/mol. The van der Waals surface area contributed by atoms with Gasteiger partial charge in [-0.1, -0.05) is 84.9 Å². The van der Waals surface area contributed by atoms with Gasteiger partial charge in [-0.25, -0.2) is 4.99 Å². The normalized spacial score (nSPS) is 12.3. The van der Waals surface area contributed by atoms with Gasteiger partial charge >= 0.3 is 0 Å². The molecule has 0 unspecified atom stereocenters. The maximum atomic E-state index is 13.0. The van der Waals surface area contributed by atoms with E-state index in [0.717, 1.165) is 33.5 Å². The Morgan fingerprint density at radius 2 is 1.41 bits per heavy atom. The maximum Gasteiger partial charge on any atom is 0.182 e. The molecule has 0 aliphatic carbocycles. The Morgan fingerprint density at radius 3 is 2.14 bits per heavy atom. The molecule has 3 nitrogen and oxygen atoms in total. The average molecular weight is 399 g/mol. The quantitative estimate of drug-likeness (QED) is 0.392. The highest BCUT2D eigenvalue weighted by atomic mass is 35.5. The van der Waals surface area contributed by atoms with Crippen LogP contribution in [0.3, 0.4) is 0 Å². The van der Waals surface area contributed by atoms with Crippen LogP contribution in [0.4, 0.5) is 11.4 Å². The second-order valence-electron chi connectivity index (χ2n) is 6.83. The SMILES string of the molecule is Cl.O=C(CN1C(c2ccccc2)=Nc2cccc3cccc1c23)c1ccccc1. The third kappa shape index (κ3) is 3.41. The zero-order valence-corrected chi connectivity index (χ0v) is 16.5. The summed E-state index contributed by atoms with van der Waals surface area (Å²) in [6.07, 6.45) is 0. The van der Waals surface area contributed by atoms with E-state index in [4.69, 9.17) is 4.99 Å². The number of aliphatic imine (C=N–C) groups is 1. The summed E-state index contributed by atoms with van der Waals surface area (Å²) >= 11 is 0. The summed E-state index contributed by atoms with van der Waals surface area (Å²) < 4.78 is 0. The molecule has 1 aliphatic rings. The van der Waals surface area contributed by atoms with Crippen LogP contribution in [0, 0.1) is 0 Å². The van der Waals surface area contributed by atoms with Gasteiger partial charge in [0.25, 0.3) is 0 Å². The van der Waals surface area contributed by atoms with Crippen molar-refractivity contribution < 1.29 is 4.79 Å². The molecule has 1 aliphatic heterocycles. The van der Waals surface area contributed by atoms with Crippen LogP contribution in [-0.2, 0) is 0 Å². The third-order valence-corrected chi connectivity index (χ3v) is 5.06. The Labute approximate surface area is 175 Å². The van der Waals surface area contributed by atoms with Gasteiger partial charge < -0.3 is 4.90 Å². The molecule has 0 saturated heterocycles. The van der Waals surface area contributed by atoms with Crippen LogP contribution in [0.15, 0.2) is 102 Å². The molecule has 0 aromatic heterocycles. The number of amidine groups is 1. The van der Waals surface area contributed by atoms with E-state index in [-0.39, 0.29) is 24.7 Å². The molecule has 0 amide bonds. The van der Waals surface area contributed by atoms with E-state index < -0.39 is 0 Å². The van der Waals surface area contributed by atoms with Crippen LogP contribution in [0.1, 0.15) is 15.9 Å². The van der Waals surface area contributed by atoms with Crippen molar-refractivity contribution in [1.82, 2.24) is 0 Å². The number of rotatable bonds is 4. The number of nitrogens with zero attached hydrogens (tertiary/aromatic N) is 2. The lowest BCUT2D eigenvalue weighted by Gasteiger charge is -2.31. The molecule has 5 rings (SSSR count). The van der Waals surface area contributed by atoms with Gasteiger partial charge in [0, 0.05) is 16.5 Å². The van der Waals surface area contributed by atoms with E-state index in [1.54, 1.807) is 0 Å². The van der Waals surface area contributed by atoms with Crippen molar-refractivity contribution in [3.63, 3.8) is 0 Å². The second-order valence-corrected chi connectivity index (χ2v) is 6.83. The first-order chi connectivity index (χ1) is 13.8. The van der Waals surface area contributed by atoms with Crippen LogP contribution in [0.2, 0.25) is 0 Å². The monoisotopic (exact) mass is 398 g/mol. The molecule has 1 heterocycles. The van der Waals surface area contributed by atoms with Crippen LogP contribution in [0.25, 0.3) is 10.8 Å². The van der Waals surface area contributed by atoms with Crippen molar-refractivity contribution in [2.45, 2.75) is 0 Å². The van der Waals surface area contributed by atoms with Crippen molar-refractivity contribution in [2.75, 3.05) is 11.4 Å². The summed E-state index contributed by atoms with van der Waals surface area (Å²) in [6.45, 7) is 0.241. The number of carbonyl (C=O) groups is 1. The summed E-state index contributed by atoms with van der Waals surface area (Å²) in [6, 6.07) is 31.8. The first-order valence-electron chi connectivity index (χ1n) is 9.33. The van der Waals surface area contributed by atoms with Crippen molar-refractivity contribution in [2.24, 2.45) is 4.99 Å². The molecule has 0 bridgehead atoms. The van der Waals surface area contributed by atoms with Gasteiger partial charge in [-0.2, -0.15) is 0 Å². The minimum absolute atomic E-state index is 0. The van der Waals surface area contributed by atoms with Gasteiger partial charge in [0.05, 0.1) is 17.9 Å². The van der Waals surface area contributed by atoms with Crippen molar-refractivity contribution in [1.29, 1.82) is 0 Å². The molecule has 142 valence electrons. The summed E-state index contributed by atoms with van der Waals surface area (Å²) in [5.41, 5.74) is 3.66. The predicted octanol–water partition coefficient (Wildman–Crippen LogP) is 6.04. The minimum Gasteiger partial charge on any atom is -0.317 e. The molecule has 0 saturated carbocycles. The smallest absolute Gasteiger partial charge is 0.182 e. The van der Waals surface area contributed by atoms with Gasteiger partial charge in [0.1, 0.15) is 5.84 Å². The lowest BCUT2D eigenvalue weighted by atomic mass is 10.0. The zero-order chi connectivity index (χ0) is 18.9. The van der Waals surface area contributed by atoms with E-state index >= 15 is 0 Å². The molecule has 0 fully saturated rings. The van der Waals surface area contributed by atoms with E-state index in [1.165, 1.54) is 0 Å². The number of ketones is 1. The van der Waals surface area contributed by atoms with Crippen molar-refractivity contribution >= 4 is 46.2 Å². The summed E-state index contributed by atoms with van der Waals surface area (Å²) in [5, 5.41) is 2.22. The van der Waals surface area contributed by atoms with Crippen LogP contribution in [0.5, 0.6) is 0 Å². The van der Waals surface area contributed by atoms with Crippen molar-refractivity contribution in [3.05, 3.63) is 108 Å². The number of Topliss-reactive ketones (excluding diaryl/α,β-unsaturated/α-hetero) is 1. The van der Waals surface area contributed by atoms with E-state index in [0.29, 0.717) is 5.56 Å². The summed E-state index contributed by atoms with van der Waals surface area (Å²) in [4.78, 5) is 20.0. The Balaban J connectivity index is 0.00000205. The Bertz CT molecular complexity index is 1200. The predicted molar refractivity (Wildman–Crippen MR) is 122 cm³/mol. The van der Waals surface area contributed by atoms with Crippen LogP contribution >= 0.6 is 12.4 Å². The van der Waals surface area contributed by atoms with Crippen molar-refractivity contribution in [3.8, 4) is 0 Å². The van der Waals surface area contributed by atoms with E-state index in [1.807, 2.05) is 83.8 Å². The van der Waals surface area contributed by atoms with E-state index in [2.05, 4.69) is 18.2 Å². The summed E-state index contributed by atoms with van der Waals surface area (Å²) in [7, 11) is 0. The highest BCUT2D eigenvalue weighted by Crippen LogP contribution is 2.39. The fourth-order valence-electron chi connectivity index (χ4n) is 3.73. The number of halogens is 1. The lowest BCUT2D eigenvalue weighted by Crippen LogP contribution is -2.37. The lowest BCUT2D eigenvalue weighted by molar-refractivity contribution is 0.100. The number of hydrogen-bond acceptors (Lipinski definition) is 3. The second kappa shape index (κ2) is 7.90. The van der Waals surface area contributed by atoms with Crippen LogP contribution < -0.4 is 4.90 Å². The fraction of sp³-hybridized carbons (Fsp3) is 0.0400. The molecule has 0 spiro atoms. The first kappa shape index (κ1) is 18.9. The number of carbonyl (C=O) groups excluding carboxylic acids is 1. The Hall–Kier alpha value is -3.43. The number of hydrogen-bond donors (Lipinski definition) is 0. The molecule has 4 aromatic carbocycles. The van der Waals surface area contributed by atoms with Gasteiger partial charge in [-0.05, 0) is 17.5 Å². The molecular formula is C25H19ClN2O. The molecule has 0 atom stereocenters. The highest BCUT2D eigenvalue weighted by Gasteiger charge is 2.26. The molecule has 0 radical (unpaired) electrons. The topological polar surface area (TPSA) is 32.7 Å². The molecule has 0 N–H and O–H groups in total. The maximum absolute atomic E-state index is 13.0. The Morgan fingerprint density at radius 1 is 0.759 bits per heavy atom. The number of benzene rings is 4. The van der Waals surface area contributed by atoms with Gasteiger partial charge in [0.2, 0.25) is 0 Å². The highest BCUT2D eigenvalue weighted by molar-refractivity contribution is 6.22. The minimum atomic E-state index is 0. The third-order valence-electron chi connectivity index (χ3n) is 5.06. The molecule has 4 aromatic rings. The fourth-order valence-corrected chi connectivity index (χ4v) is 3.73. The molecule has 4 heteroatoms. The van der Waals surface area contributed by atoms with Gasteiger partial charge in [-0.3, -0.25) is 4.79 Å². The standard InChI is InChI=1S/C25H18N2O.ClH/c28-23(18-9-3-1-4-10-18)17-27-22-16-8-14-19-13-7-15-21(24(19)22)26-25(27)20-11-5-2-6-12-20;/h1-16H,17H2;1H. The first-order valence-corrected chi connectivity index (χ1v) is 9.33. The average Bonchev–Trinajstić information content (AvgIpc) is 2.77.